The SMILES string of the molecule is Cc1[nH]n2c(=O)c(C(=O)NC3CC3)c(O)[n+](CC(C)C)c2c1/C=C/C(=O)N1CCC[C@@H]1C. The lowest BCUT2D eigenvalue weighted by Crippen LogP contribution is -2.46. The fourth-order valence-electron chi connectivity index (χ4n) is 4.36. The minimum atomic E-state index is -0.613. The van der Waals surface area contributed by atoms with E-state index in [2.05, 4.69) is 10.4 Å². The molecule has 1 saturated heterocycles. The summed E-state index contributed by atoms with van der Waals surface area (Å²) < 4.78 is 2.88. The highest BCUT2D eigenvalue weighted by Crippen LogP contribution is 2.22. The molecule has 172 valence electrons. The molecule has 3 N–H and O–H groups in total. The lowest BCUT2D eigenvalue weighted by Gasteiger charge is -2.19. The van der Waals surface area contributed by atoms with E-state index < -0.39 is 11.5 Å². The number of amides is 2. The van der Waals surface area contributed by atoms with Gasteiger partial charge in [0.2, 0.25) is 11.5 Å². The molecule has 1 aliphatic carbocycles. The molecule has 0 spiro atoms. The minimum Gasteiger partial charge on any atom is -0.477 e. The van der Waals surface area contributed by atoms with Crippen LogP contribution in [0.2, 0.25) is 0 Å². The van der Waals surface area contributed by atoms with Crippen LogP contribution in [0.4, 0.5) is 0 Å². The van der Waals surface area contributed by atoms with Gasteiger partial charge in [-0.3, -0.25) is 9.59 Å². The van der Waals surface area contributed by atoms with Crippen LogP contribution in [0.3, 0.4) is 0 Å². The van der Waals surface area contributed by atoms with Crippen molar-refractivity contribution in [3.05, 3.63) is 33.3 Å². The maximum atomic E-state index is 13.2. The standard InChI is InChI=1S/C23H31N5O4/c1-13(2)12-27-21-17(9-10-18(29)26-11-5-6-14(26)3)15(4)25-28(21)23(32)19(22(27)31)20(30)24-16-7-8-16/h9-10,13-14,16H,5-8,11-12H2,1-4H3,(H2,24,30,31,32)/p+1/b10-9+/t14-/m0/s1. The Labute approximate surface area is 186 Å². The molecule has 1 aliphatic heterocycles. The number of aromatic hydroxyl groups is 1. The van der Waals surface area contributed by atoms with Gasteiger partial charge in [0.1, 0.15) is 0 Å². The molecule has 2 amide bonds. The topological polar surface area (TPSA) is 111 Å². The Hall–Kier alpha value is -3.10. The van der Waals surface area contributed by atoms with Crippen molar-refractivity contribution in [1.29, 1.82) is 0 Å². The molecule has 2 aliphatic rings. The highest BCUT2D eigenvalue weighted by molar-refractivity contribution is 5.96. The van der Waals surface area contributed by atoms with Crippen LogP contribution in [-0.4, -0.2) is 50.1 Å². The van der Waals surface area contributed by atoms with Gasteiger partial charge in [0.15, 0.2) is 0 Å². The lowest BCUT2D eigenvalue weighted by atomic mass is 10.1. The molecule has 0 bridgehead atoms. The van der Waals surface area contributed by atoms with Crippen molar-refractivity contribution >= 4 is 23.5 Å². The number of aromatic amines is 1. The van der Waals surface area contributed by atoms with Gasteiger partial charge in [0.05, 0.1) is 17.8 Å². The van der Waals surface area contributed by atoms with Crippen molar-refractivity contribution in [2.45, 2.75) is 72.0 Å². The Morgan fingerprint density at radius 1 is 1.31 bits per heavy atom. The fraction of sp³-hybridized carbons (Fsp3) is 0.565. The van der Waals surface area contributed by atoms with E-state index in [9.17, 15) is 19.5 Å². The second-order valence-electron chi connectivity index (χ2n) is 9.42. The zero-order valence-electron chi connectivity index (χ0n) is 19.1. The van der Waals surface area contributed by atoms with E-state index in [-0.39, 0.29) is 35.4 Å². The van der Waals surface area contributed by atoms with Crippen LogP contribution < -0.4 is 15.4 Å². The summed E-state index contributed by atoms with van der Waals surface area (Å²) in [4.78, 5) is 40.5. The van der Waals surface area contributed by atoms with Gasteiger partial charge in [-0.25, -0.2) is 9.89 Å². The van der Waals surface area contributed by atoms with Crippen molar-refractivity contribution < 1.29 is 19.3 Å². The zero-order valence-corrected chi connectivity index (χ0v) is 19.1. The first-order chi connectivity index (χ1) is 15.2. The maximum Gasteiger partial charge on any atom is 0.378 e. The predicted molar refractivity (Wildman–Crippen MR) is 119 cm³/mol. The van der Waals surface area contributed by atoms with Gasteiger partial charge >= 0.3 is 17.1 Å². The third-order valence-corrected chi connectivity index (χ3v) is 6.20. The summed E-state index contributed by atoms with van der Waals surface area (Å²) in [7, 11) is 0. The van der Waals surface area contributed by atoms with Gasteiger partial charge in [-0.05, 0) is 51.5 Å². The van der Waals surface area contributed by atoms with Gasteiger partial charge in [0, 0.05) is 24.7 Å². The summed E-state index contributed by atoms with van der Waals surface area (Å²) >= 11 is 0. The summed E-state index contributed by atoms with van der Waals surface area (Å²) in [5.41, 5.74) is 0.844. The molecule has 1 saturated carbocycles. The molecule has 2 fully saturated rings. The molecule has 1 atom stereocenters. The van der Waals surface area contributed by atoms with Crippen LogP contribution >= 0.6 is 0 Å². The quantitative estimate of drug-likeness (QED) is 0.465. The highest BCUT2D eigenvalue weighted by Gasteiger charge is 2.35. The first-order valence-electron chi connectivity index (χ1n) is 11.4. The Morgan fingerprint density at radius 3 is 2.62 bits per heavy atom. The maximum absolute atomic E-state index is 13.2. The van der Waals surface area contributed by atoms with E-state index in [0.717, 1.165) is 32.2 Å². The number of H-pyrrole nitrogens is 1. The van der Waals surface area contributed by atoms with E-state index >= 15 is 0 Å². The molecule has 4 rings (SSSR count). The summed E-state index contributed by atoms with van der Waals surface area (Å²) in [6.07, 6.45) is 6.96. The number of carbonyl (C=O) groups excluding carboxylic acids is 2. The number of nitrogens with zero attached hydrogens (tertiary/aromatic N) is 3. The number of hydrogen-bond acceptors (Lipinski definition) is 4. The number of carbonyl (C=O) groups is 2. The average Bonchev–Trinajstić information content (AvgIpc) is 3.32. The molecule has 0 radical (unpaired) electrons. The number of rotatable bonds is 6. The third-order valence-electron chi connectivity index (χ3n) is 6.20. The smallest absolute Gasteiger partial charge is 0.378 e. The number of aromatic nitrogens is 3. The molecule has 32 heavy (non-hydrogen) atoms. The summed E-state index contributed by atoms with van der Waals surface area (Å²) in [6.45, 7) is 8.96. The van der Waals surface area contributed by atoms with Gasteiger partial charge < -0.3 is 15.3 Å². The zero-order chi connectivity index (χ0) is 23.2. The van der Waals surface area contributed by atoms with Crippen LogP contribution in [0, 0.1) is 12.8 Å². The fourth-order valence-corrected chi connectivity index (χ4v) is 4.36. The van der Waals surface area contributed by atoms with E-state index in [4.69, 9.17) is 0 Å². The third kappa shape index (κ3) is 4.03. The number of nitrogens with one attached hydrogen (secondary N) is 2. The first kappa shape index (κ1) is 22.1. The number of likely N-dealkylation sites (tertiary alicyclic amines) is 1. The molecule has 9 nitrogen and oxygen atoms in total. The van der Waals surface area contributed by atoms with Crippen LogP contribution in [0.1, 0.15) is 68.1 Å². The van der Waals surface area contributed by atoms with Crippen molar-refractivity contribution in [2.24, 2.45) is 5.92 Å². The molecule has 0 unspecified atom stereocenters. The Balaban J connectivity index is 1.83. The first-order valence-corrected chi connectivity index (χ1v) is 11.4. The van der Waals surface area contributed by atoms with Crippen molar-refractivity contribution in [2.75, 3.05) is 6.54 Å². The second kappa shape index (κ2) is 8.44. The van der Waals surface area contributed by atoms with Gasteiger partial charge in [-0.2, -0.15) is 4.57 Å². The predicted octanol–water partition coefficient (Wildman–Crippen LogP) is 1.50. The molecule has 2 aromatic heterocycles. The molecule has 9 heteroatoms. The van der Waals surface area contributed by atoms with E-state index in [1.807, 2.05) is 25.7 Å². The minimum absolute atomic E-state index is 0.0587. The van der Waals surface area contributed by atoms with Crippen LogP contribution in [0.5, 0.6) is 5.88 Å². The summed E-state index contributed by atoms with van der Waals surface area (Å²) in [5, 5.41) is 16.8. The molecule has 0 aromatic carbocycles. The summed E-state index contributed by atoms with van der Waals surface area (Å²) in [6, 6.07) is 0.268. The molecule has 2 aromatic rings. The highest BCUT2D eigenvalue weighted by atomic mass is 16.3. The van der Waals surface area contributed by atoms with Crippen LogP contribution in [0.25, 0.3) is 11.7 Å². The Bertz CT molecular complexity index is 1160. The van der Waals surface area contributed by atoms with Crippen molar-refractivity contribution in [1.82, 2.24) is 19.8 Å². The average molecular weight is 443 g/mol. The van der Waals surface area contributed by atoms with Crippen LogP contribution in [0.15, 0.2) is 10.9 Å². The summed E-state index contributed by atoms with van der Waals surface area (Å²) in [5.74, 6) is -0.846. The van der Waals surface area contributed by atoms with Crippen molar-refractivity contribution in [3.63, 3.8) is 0 Å². The number of fused-ring (bicyclic) bond motifs is 1. The van der Waals surface area contributed by atoms with Crippen molar-refractivity contribution in [3.8, 4) is 5.88 Å². The van der Waals surface area contributed by atoms with Gasteiger partial charge in [-0.15, -0.1) is 0 Å². The van der Waals surface area contributed by atoms with Gasteiger partial charge in [-0.1, -0.05) is 18.4 Å². The largest absolute Gasteiger partial charge is 0.477 e. The molecular formula is C23H32N5O4+. The van der Waals surface area contributed by atoms with E-state index in [0.29, 0.717) is 23.4 Å². The normalized spacial score (nSPS) is 18.9. The Kier molecular flexibility index (Phi) is 5.83. The van der Waals surface area contributed by atoms with E-state index in [1.165, 1.54) is 10.6 Å². The van der Waals surface area contributed by atoms with E-state index in [1.54, 1.807) is 17.6 Å². The lowest BCUT2D eigenvalue weighted by molar-refractivity contribution is -0.686. The number of hydrogen-bond donors (Lipinski definition) is 3. The molecular weight excluding hydrogens is 410 g/mol. The molecule has 3 heterocycles. The van der Waals surface area contributed by atoms with Crippen LogP contribution in [-0.2, 0) is 11.3 Å². The van der Waals surface area contributed by atoms with Gasteiger partial charge in [0.25, 0.3) is 5.91 Å². The second-order valence-corrected chi connectivity index (χ2v) is 9.42. The Morgan fingerprint density at radius 2 is 2.03 bits per heavy atom. The number of aryl methyl sites for hydroxylation is 1. The monoisotopic (exact) mass is 442 g/mol.